The lowest BCUT2D eigenvalue weighted by Gasteiger charge is -2.25. The van der Waals surface area contributed by atoms with Crippen molar-refractivity contribution in [1.82, 2.24) is 44.7 Å². The van der Waals surface area contributed by atoms with Gasteiger partial charge in [0, 0.05) is 61.1 Å². The highest BCUT2D eigenvalue weighted by Crippen LogP contribution is 2.31. The number of piperidine rings is 1. The molecule has 6 aromatic rings. The number of nitrogen functional groups attached to an aromatic ring is 1. The van der Waals surface area contributed by atoms with E-state index >= 15 is 0 Å². The number of aromatic nitrogens is 6. The first-order chi connectivity index (χ1) is 35.0. The Balaban J connectivity index is 0.000000293. The molecule has 2 amide bonds. The minimum atomic E-state index is -0.886. The monoisotopic (exact) mass is 1060 g/mol. The van der Waals surface area contributed by atoms with Gasteiger partial charge in [-0.05, 0) is 128 Å². The number of anilines is 5. The van der Waals surface area contributed by atoms with Crippen LogP contribution in [-0.4, -0.2) is 118 Å². The summed E-state index contributed by atoms with van der Waals surface area (Å²) >= 11 is 4.88. The number of H-pyrrole nitrogens is 1. The lowest BCUT2D eigenvalue weighted by Crippen LogP contribution is -2.34. The number of carbonyl (C=O) groups excluding carboxylic acids is 2. The molecule has 3 aromatic heterocycles. The number of aromatic amines is 1. The number of benzene rings is 3. The molecule has 7 rings (SSSR count). The van der Waals surface area contributed by atoms with Crippen LogP contribution in [0.25, 0.3) is 22.3 Å². The van der Waals surface area contributed by atoms with Crippen molar-refractivity contribution in [3.8, 4) is 17.0 Å². The second kappa shape index (κ2) is 28.7. The van der Waals surface area contributed by atoms with Crippen molar-refractivity contribution in [2.24, 2.45) is 5.73 Å². The van der Waals surface area contributed by atoms with Gasteiger partial charge < -0.3 is 46.1 Å². The van der Waals surface area contributed by atoms with Gasteiger partial charge in [0.1, 0.15) is 35.3 Å². The molecule has 0 atom stereocenters. The van der Waals surface area contributed by atoms with E-state index in [-0.39, 0.29) is 17.2 Å². The second-order valence-electron chi connectivity index (χ2n) is 16.0. The van der Waals surface area contributed by atoms with Crippen LogP contribution in [0.1, 0.15) is 36.5 Å². The van der Waals surface area contributed by atoms with Crippen LogP contribution in [0.3, 0.4) is 0 Å². The topological polar surface area (TPSA) is 237 Å². The molecule has 0 spiro atoms. The molecule has 1 aliphatic rings. The smallest absolute Gasteiger partial charge is 0.253 e. The third kappa shape index (κ3) is 17.1. The summed E-state index contributed by atoms with van der Waals surface area (Å²) < 4.78 is 34.9. The molecule has 378 valence electrons. The van der Waals surface area contributed by atoms with Crippen LogP contribution in [0.5, 0.6) is 5.75 Å². The van der Waals surface area contributed by atoms with Gasteiger partial charge in [0.2, 0.25) is 11.9 Å². The number of likely N-dealkylation sites (N-methyl/N-ethyl adjacent to an activating group) is 1. The minimum Gasteiger partial charge on any atom is -0.458 e. The summed E-state index contributed by atoms with van der Waals surface area (Å²) in [7, 11) is 2.01. The fourth-order valence-electron chi connectivity index (χ4n) is 6.93. The van der Waals surface area contributed by atoms with Gasteiger partial charge in [0.25, 0.3) is 5.91 Å². The first kappa shape index (κ1) is 54.3. The van der Waals surface area contributed by atoms with Crippen molar-refractivity contribution in [3.05, 3.63) is 144 Å². The van der Waals surface area contributed by atoms with Crippen LogP contribution in [0, 0.1) is 5.82 Å². The van der Waals surface area contributed by atoms with E-state index < -0.39 is 11.7 Å². The predicted octanol–water partition coefficient (Wildman–Crippen LogP) is 8.72. The molecule has 3 aromatic carbocycles. The van der Waals surface area contributed by atoms with E-state index in [4.69, 9.17) is 25.7 Å². The van der Waals surface area contributed by atoms with Gasteiger partial charge in [-0.1, -0.05) is 36.9 Å². The molecule has 0 aliphatic carbocycles. The quantitative estimate of drug-likeness (QED) is 0.0109. The van der Waals surface area contributed by atoms with Gasteiger partial charge in [-0.25, -0.2) is 19.3 Å². The Hall–Kier alpha value is -7.01. The Bertz CT molecular complexity index is 2810. The number of allylic oxidation sites excluding steroid dienone is 4. The molecule has 8 N–H and O–H groups in total. The van der Waals surface area contributed by atoms with Crippen LogP contribution in [0.2, 0.25) is 0 Å². The molecular formula is C51H59BrFN13O5S. The Morgan fingerprint density at radius 2 is 1.72 bits per heavy atom. The molecule has 1 saturated heterocycles. The number of halogens is 2. The first-order valence-corrected chi connectivity index (χ1v) is 24.7. The number of carbonyl (C=O) groups is 2. The average molecular weight is 1070 g/mol. The van der Waals surface area contributed by atoms with Gasteiger partial charge in [-0.15, -0.1) is 0 Å². The van der Waals surface area contributed by atoms with E-state index in [1.807, 2.05) is 91.7 Å². The zero-order valence-corrected chi connectivity index (χ0v) is 42.6. The summed E-state index contributed by atoms with van der Waals surface area (Å²) in [5.41, 5.74) is 14.2. The third-order valence-corrected chi connectivity index (χ3v) is 12.0. The van der Waals surface area contributed by atoms with E-state index in [0.29, 0.717) is 84.1 Å². The molecule has 0 unspecified atom stereocenters. The van der Waals surface area contributed by atoms with Crippen LogP contribution in [0.15, 0.2) is 137 Å². The molecular weight excluding hydrogens is 1010 g/mol. The van der Waals surface area contributed by atoms with Crippen molar-refractivity contribution in [3.63, 3.8) is 0 Å². The Morgan fingerprint density at radius 3 is 2.47 bits per heavy atom. The largest absolute Gasteiger partial charge is 0.458 e. The minimum absolute atomic E-state index is 0.112. The van der Waals surface area contributed by atoms with Gasteiger partial charge in [0.15, 0.2) is 5.65 Å². The van der Waals surface area contributed by atoms with Crippen molar-refractivity contribution in [2.45, 2.75) is 31.1 Å². The molecule has 1 aliphatic heterocycles. The van der Waals surface area contributed by atoms with E-state index in [1.54, 1.807) is 24.4 Å². The fraction of sp³-hybridized carbons (Fsp3) is 0.275. The second-order valence-corrected chi connectivity index (χ2v) is 17.8. The van der Waals surface area contributed by atoms with Gasteiger partial charge in [0.05, 0.1) is 53.2 Å². The molecule has 21 heteroatoms. The molecule has 0 bridgehead atoms. The van der Waals surface area contributed by atoms with E-state index in [1.165, 1.54) is 36.8 Å². The summed E-state index contributed by atoms with van der Waals surface area (Å²) in [6.07, 6.45) is 17.5. The number of hydrogen-bond donors (Lipinski definition) is 6. The van der Waals surface area contributed by atoms with Crippen molar-refractivity contribution >= 4 is 79.7 Å². The zero-order chi connectivity index (χ0) is 51.1. The maximum absolute atomic E-state index is 14.2. The third-order valence-electron chi connectivity index (χ3n) is 10.6. The predicted molar refractivity (Wildman–Crippen MR) is 285 cm³/mol. The summed E-state index contributed by atoms with van der Waals surface area (Å²) in [4.78, 5) is 45.8. The average Bonchev–Trinajstić information content (AvgIpc) is 3.82. The van der Waals surface area contributed by atoms with Crippen LogP contribution >= 0.6 is 27.9 Å². The number of hydrogen-bond acceptors (Lipinski definition) is 16. The number of ether oxygens (including phenoxy) is 3. The normalized spacial score (nSPS) is 12.7. The van der Waals surface area contributed by atoms with Gasteiger partial charge in [-0.3, -0.25) is 19.4 Å². The highest BCUT2D eigenvalue weighted by atomic mass is 79.9. The highest BCUT2D eigenvalue weighted by molar-refractivity contribution is 9.10. The van der Waals surface area contributed by atoms with Gasteiger partial charge in [-0.2, -0.15) is 10.1 Å². The molecule has 4 heterocycles. The maximum atomic E-state index is 14.2. The lowest BCUT2D eigenvalue weighted by molar-refractivity contribution is -0.126. The van der Waals surface area contributed by atoms with Crippen molar-refractivity contribution in [1.29, 1.82) is 0 Å². The van der Waals surface area contributed by atoms with E-state index in [0.717, 1.165) is 54.3 Å². The number of amides is 2. The fourth-order valence-corrected chi connectivity index (χ4v) is 7.84. The number of fused-ring (bicyclic) bond motifs is 1. The number of nitrogens with zero attached hydrogens (tertiary/aromatic N) is 7. The van der Waals surface area contributed by atoms with E-state index in [9.17, 15) is 14.0 Å². The maximum Gasteiger partial charge on any atom is 0.253 e. The van der Waals surface area contributed by atoms with Crippen molar-refractivity contribution < 1.29 is 28.2 Å². The SMILES string of the molecule is C=C(/C=C\C=C/C)Oc1ccc(-c2[nH]nc3ncnc(N)c23)cc1.CN(C/C=C/C(=O)N1CCCCC1)CCOCCOCCNSc1ccc(Nc2ncc(Br)c(Nc3cccc(F)c3C(N)=O)n2)cc1. The van der Waals surface area contributed by atoms with Crippen LogP contribution in [0.4, 0.5) is 33.3 Å². The summed E-state index contributed by atoms with van der Waals surface area (Å²) in [5.74, 6) is 0.792. The molecule has 72 heavy (non-hydrogen) atoms. The molecule has 0 radical (unpaired) electrons. The van der Waals surface area contributed by atoms with Crippen LogP contribution < -0.4 is 31.6 Å². The molecule has 18 nitrogen and oxygen atoms in total. The number of nitrogens with two attached hydrogens (primary N) is 2. The van der Waals surface area contributed by atoms with E-state index in [2.05, 4.69) is 72.9 Å². The van der Waals surface area contributed by atoms with Gasteiger partial charge >= 0.3 is 0 Å². The number of rotatable bonds is 24. The lowest BCUT2D eigenvalue weighted by atomic mass is 10.1. The standard InChI is InChI=1S/C33H42BrFN8O4S.C18H17N5O/c1-42(15-6-9-29(44)43-16-3-2-4-17-43)18-20-47-22-21-46-19-14-38-48-25-12-10-24(11-13-25)39-33-37-23-26(34)32(41-33)40-28-8-5-7-27(35)30(28)31(36)45;1-3-4-5-6-12(2)24-14-9-7-13(8-10-14)16-15-17(19)20-11-21-18(15)23-22-16/h5-13,23,38H,2-4,14-22H2,1H3,(H2,36,45)(H2,37,39,40,41);3-11H,2H2,1H3,(H3,19,20,21,22,23)/b9-6+;4-3-,6-5-. The summed E-state index contributed by atoms with van der Waals surface area (Å²) in [5, 5.41) is 13.9. The Labute approximate surface area is 430 Å². The number of likely N-dealkylation sites (tertiary alicyclic amines) is 1. The zero-order valence-electron chi connectivity index (χ0n) is 40.2. The Kier molecular flexibility index (Phi) is 21.7. The summed E-state index contributed by atoms with van der Waals surface area (Å²) in [6, 6.07) is 19.4. The number of nitrogens with one attached hydrogen (secondary N) is 4. The first-order valence-electron chi connectivity index (χ1n) is 23.1. The van der Waals surface area contributed by atoms with Crippen LogP contribution in [-0.2, 0) is 14.3 Å². The molecule has 0 saturated carbocycles. The Morgan fingerprint density at radius 1 is 0.958 bits per heavy atom. The highest BCUT2D eigenvalue weighted by Gasteiger charge is 2.17. The summed E-state index contributed by atoms with van der Waals surface area (Å²) in [6.45, 7) is 11.9. The van der Waals surface area contributed by atoms with Crippen molar-refractivity contribution in [2.75, 3.05) is 82.6 Å². The molecule has 1 fully saturated rings. The number of primary amides is 1.